The monoisotopic (exact) mass is 181 g/mol. The number of rotatable bonds is 0. The normalized spacial score (nSPS) is 14.7. The average molecular weight is 181 g/mol. The van der Waals surface area contributed by atoms with Gasteiger partial charge in [-0.2, -0.15) is 0 Å². The lowest BCUT2D eigenvalue weighted by Crippen LogP contribution is -2.03. The van der Waals surface area contributed by atoms with Crippen LogP contribution in [0.15, 0.2) is 6.20 Å². The van der Waals surface area contributed by atoms with E-state index in [1.807, 2.05) is 20.0 Å². The first kappa shape index (κ1) is 10.1. The molecule has 0 atom stereocenters. The molecule has 0 unspecified atom stereocenters. The quantitative estimate of drug-likeness (QED) is 0.666. The molecule has 13 heavy (non-hydrogen) atoms. The third-order valence-corrected chi connectivity index (χ3v) is 2.15. The topological polar surface area (TPSA) is 29.9 Å². The van der Waals surface area contributed by atoms with Gasteiger partial charge >= 0.3 is 0 Å². The standard InChI is InChI=1S/C8H13N3.C2H6/c1-7-6-10-8-9-4-2-3-5-11(7)8;1-2/h6H,2-5H2,1H3,(H,9,10);1-2H3. The van der Waals surface area contributed by atoms with Gasteiger partial charge < -0.3 is 9.88 Å². The fourth-order valence-electron chi connectivity index (χ4n) is 1.48. The van der Waals surface area contributed by atoms with Gasteiger partial charge in [0, 0.05) is 18.8 Å². The van der Waals surface area contributed by atoms with E-state index in [4.69, 9.17) is 0 Å². The molecule has 0 spiro atoms. The second kappa shape index (κ2) is 4.90. The molecule has 1 N–H and O–H groups in total. The van der Waals surface area contributed by atoms with Crippen LogP contribution in [0.5, 0.6) is 0 Å². The molecule has 0 fully saturated rings. The molecule has 0 saturated carbocycles. The van der Waals surface area contributed by atoms with E-state index in [-0.39, 0.29) is 0 Å². The number of aryl methyl sites for hydroxylation is 1. The Kier molecular flexibility index (Phi) is 3.80. The van der Waals surface area contributed by atoms with Gasteiger partial charge in [-0.05, 0) is 19.8 Å². The molecule has 0 bridgehead atoms. The van der Waals surface area contributed by atoms with Crippen LogP contribution in [-0.2, 0) is 6.54 Å². The molecule has 3 nitrogen and oxygen atoms in total. The molecule has 1 aliphatic heterocycles. The maximum Gasteiger partial charge on any atom is 0.202 e. The summed E-state index contributed by atoms with van der Waals surface area (Å²) in [6, 6.07) is 0. The van der Waals surface area contributed by atoms with Crippen molar-refractivity contribution < 1.29 is 0 Å². The van der Waals surface area contributed by atoms with E-state index in [1.54, 1.807) is 0 Å². The molecule has 0 radical (unpaired) electrons. The molecule has 2 rings (SSSR count). The van der Waals surface area contributed by atoms with Crippen molar-refractivity contribution in [2.75, 3.05) is 11.9 Å². The maximum atomic E-state index is 4.27. The minimum Gasteiger partial charge on any atom is -0.356 e. The highest BCUT2D eigenvalue weighted by Gasteiger charge is 2.08. The molecule has 0 aromatic carbocycles. The number of nitrogens with zero attached hydrogens (tertiary/aromatic N) is 2. The van der Waals surface area contributed by atoms with Crippen LogP contribution >= 0.6 is 0 Å². The van der Waals surface area contributed by atoms with E-state index < -0.39 is 0 Å². The fraction of sp³-hybridized carbons (Fsp3) is 0.700. The van der Waals surface area contributed by atoms with Crippen LogP contribution in [0.1, 0.15) is 32.4 Å². The van der Waals surface area contributed by atoms with E-state index in [2.05, 4.69) is 21.8 Å². The summed E-state index contributed by atoms with van der Waals surface area (Å²) >= 11 is 0. The summed E-state index contributed by atoms with van der Waals surface area (Å²) in [4.78, 5) is 4.27. The minimum atomic E-state index is 1.04. The average Bonchev–Trinajstić information content (AvgIpc) is 2.44. The molecule has 0 saturated heterocycles. The molecule has 1 aromatic rings. The van der Waals surface area contributed by atoms with Crippen LogP contribution in [0, 0.1) is 6.92 Å². The van der Waals surface area contributed by atoms with Crippen LogP contribution in [0.3, 0.4) is 0 Å². The van der Waals surface area contributed by atoms with Crippen LogP contribution < -0.4 is 5.32 Å². The molecule has 2 heterocycles. The Hall–Kier alpha value is -0.990. The van der Waals surface area contributed by atoms with E-state index in [1.165, 1.54) is 18.5 Å². The highest BCUT2D eigenvalue weighted by molar-refractivity contribution is 5.29. The zero-order valence-corrected chi connectivity index (χ0v) is 8.80. The molecule has 3 heteroatoms. The number of fused-ring (bicyclic) bond motifs is 1. The third kappa shape index (κ3) is 2.23. The number of hydrogen-bond acceptors (Lipinski definition) is 2. The third-order valence-electron chi connectivity index (χ3n) is 2.15. The van der Waals surface area contributed by atoms with E-state index in [0.717, 1.165) is 19.0 Å². The molecule has 1 aliphatic rings. The summed E-state index contributed by atoms with van der Waals surface area (Å²) in [5.74, 6) is 1.04. The molecular formula is C10H19N3. The Labute approximate surface area is 80.2 Å². The summed E-state index contributed by atoms with van der Waals surface area (Å²) in [7, 11) is 0. The fourth-order valence-corrected chi connectivity index (χ4v) is 1.48. The second-order valence-corrected chi connectivity index (χ2v) is 3.01. The summed E-state index contributed by atoms with van der Waals surface area (Å²) in [6.45, 7) is 8.29. The summed E-state index contributed by atoms with van der Waals surface area (Å²) in [6.07, 6.45) is 4.44. The largest absolute Gasteiger partial charge is 0.356 e. The molecule has 74 valence electrons. The first-order chi connectivity index (χ1) is 6.38. The van der Waals surface area contributed by atoms with Crippen molar-refractivity contribution in [3.63, 3.8) is 0 Å². The number of hydrogen-bond donors (Lipinski definition) is 1. The van der Waals surface area contributed by atoms with Crippen LogP contribution in [0.4, 0.5) is 5.95 Å². The molecular weight excluding hydrogens is 162 g/mol. The van der Waals surface area contributed by atoms with Crippen molar-refractivity contribution in [2.24, 2.45) is 0 Å². The Morgan fingerprint density at radius 1 is 1.38 bits per heavy atom. The number of imidazole rings is 1. The van der Waals surface area contributed by atoms with Crippen LogP contribution in [-0.4, -0.2) is 16.1 Å². The minimum absolute atomic E-state index is 1.04. The predicted octanol–water partition coefficient (Wildman–Crippen LogP) is 2.42. The lowest BCUT2D eigenvalue weighted by molar-refractivity contribution is 0.643. The van der Waals surface area contributed by atoms with Crippen LogP contribution in [0.2, 0.25) is 0 Å². The Bertz CT molecular complexity index is 253. The van der Waals surface area contributed by atoms with Crippen molar-refractivity contribution in [1.29, 1.82) is 0 Å². The Morgan fingerprint density at radius 3 is 2.92 bits per heavy atom. The van der Waals surface area contributed by atoms with E-state index in [9.17, 15) is 0 Å². The van der Waals surface area contributed by atoms with Crippen LogP contribution in [0.25, 0.3) is 0 Å². The van der Waals surface area contributed by atoms with Gasteiger partial charge in [-0.25, -0.2) is 4.98 Å². The SMILES string of the molecule is CC.Cc1cnc2n1CCCCN2. The van der Waals surface area contributed by atoms with Crippen molar-refractivity contribution >= 4 is 5.95 Å². The lowest BCUT2D eigenvalue weighted by Gasteiger charge is -2.04. The summed E-state index contributed by atoms with van der Waals surface area (Å²) in [5.41, 5.74) is 1.26. The van der Waals surface area contributed by atoms with Gasteiger partial charge in [-0.1, -0.05) is 13.8 Å². The molecule has 1 aromatic heterocycles. The number of aromatic nitrogens is 2. The van der Waals surface area contributed by atoms with Crippen molar-refractivity contribution in [1.82, 2.24) is 9.55 Å². The molecule has 0 aliphatic carbocycles. The van der Waals surface area contributed by atoms with Gasteiger partial charge in [0.05, 0.1) is 6.20 Å². The van der Waals surface area contributed by atoms with Crippen molar-refractivity contribution in [3.05, 3.63) is 11.9 Å². The predicted molar refractivity (Wildman–Crippen MR) is 56.0 cm³/mol. The zero-order valence-electron chi connectivity index (χ0n) is 8.80. The number of anilines is 1. The van der Waals surface area contributed by atoms with Gasteiger partial charge in [0.15, 0.2) is 0 Å². The lowest BCUT2D eigenvalue weighted by atomic mass is 10.3. The molecule has 0 amide bonds. The van der Waals surface area contributed by atoms with Gasteiger partial charge in [0.2, 0.25) is 5.95 Å². The van der Waals surface area contributed by atoms with Gasteiger partial charge in [0.25, 0.3) is 0 Å². The Balaban J connectivity index is 0.000000396. The highest BCUT2D eigenvalue weighted by atomic mass is 15.2. The first-order valence-electron chi connectivity index (χ1n) is 5.14. The van der Waals surface area contributed by atoms with Gasteiger partial charge in [0.1, 0.15) is 0 Å². The maximum absolute atomic E-state index is 4.27. The Morgan fingerprint density at radius 2 is 2.15 bits per heavy atom. The van der Waals surface area contributed by atoms with Gasteiger partial charge in [-0.3, -0.25) is 0 Å². The van der Waals surface area contributed by atoms with E-state index >= 15 is 0 Å². The number of nitrogens with one attached hydrogen (secondary N) is 1. The van der Waals surface area contributed by atoms with Crippen molar-refractivity contribution in [2.45, 2.75) is 40.2 Å². The zero-order chi connectivity index (χ0) is 9.68. The highest BCUT2D eigenvalue weighted by Crippen LogP contribution is 2.14. The van der Waals surface area contributed by atoms with Crippen molar-refractivity contribution in [3.8, 4) is 0 Å². The first-order valence-corrected chi connectivity index (χ1v) is 5.14. The van der Waals surface area contributed by atoms with E-state index in [0.29, 0.717) is 0 Å². The summed E-state index contributed by atoms with van der Waals surface area (Å²) < 4.78 is 2.24. The van der Waals surface area contributed by atoms with Gasteiger partial charge in [-0.15, -0.1) is 0 Å². The summed E-state index contributed by atoms with van der Waals surface area (Å²) in [5, 5.41) is 3.30. The second-order valence-electron chi connectivity index (χ2n) is 3.01. The smallest absolute Gasteiger partial charge is 0.202 e.